The van der Waals surface area contributed by atoms with Gasteiger partial charge in [-0.3, -0.25) is 4.79 Å². The Bertz CT molecular complexity index is 1250. The summed E-state index contributed by atoms with van der Waals surface area (Å²) >= 11 is 0. The molecule has 12 nitrogen and oxygen atoms in total. The zero-order chi connectivity index (χ0) is 24.0. The highest BCUT2D eigenvalue weighted by atomic mass is 16.7. The zero-order valence-corrected chi connectivity index (χ0v) is 16.7. The second kappa shape index (κ2) is 8.42. The molecule has 2 aromatic carbocycles. The number of benzene rings is 2. The lowest BCUT2D eigenvalue weighted by Crippen LogP contribution is -2.60. The normalized spacial score (nSPS) is 25.3. The first kappa shape index (κ1) is 22.6. The SMILES string of the molecule is O=c1cc(-c2ccc(O)c(O)c2)oc2c(O)c(OC3O[C@H](CO)[C@@H](O)[C@H](O)[C@H]3O)cc(O)c12. The van der Waals surface area contributed by atoms with Crippen LogP contribution in [0.15, 0.2) is 39.5 Å². The molecule has 0 saturated carbocycles. The minimum Gasteiger partial charge on any atom is -0.507 e. The summed E-state index contributed by atoms with van der Waals surface area (Å²) in [6.45, 7) is -0.711. The maximum Gasteiger partial charge on any atom is 0.229 e. The van der Waals surface area contributed by atoms with Crippen LogP contribution in [0.1, 0.15) is 0 Å². The summed E-state index contributed by atoms with van der Waals surface area (Å²) in [6.07, 6.45) is -8.13. The maximum absolute atomic E-state index is 12.6. The van der Waals surface area contributed by atoms with Gasteiger partial charge < -0.3 is 54.7 Å². The molecule has 4 rings (SSSR count). The van der Waals surface area contributed by atoms with Crippen LogP contribution in [0.5, 0.6) is 28.7 Å². The predicted octanol–water partition coefficient (Wildman–Crippen LogP) is -0.539. The Kier molecular flexibility index (Phi) is 5.78. The van der Waals surface area contributed by atoms with Gasteiger partial charge in [0.1, 0.15) is 41.3 Å². The first-order chi connectivity index (χ1) is 15.6. The molecule has 176 valence electrons. The molecule has 12 heteroatoms. The van der Waals surface area contributed by atoms with Gasteiger partial charge in [0.05, 0.1) is 6.61 Å². The van der Waals surface area contributed by atoms with Crippen LogP contribution < -0.4 is 10.2 Å². The van der Waals surface area contributed by atoms with Crippen molar-refractivity contribution >= 4 is 11.0 Å². The lowest BCUT2D eigenvalue weighted by Gasteiger charge is -2.39. The van der Waals surface area contributed by atoms with Crippen LogP contribution in [0.2, 0.25) is 0 Å². The molecule has 1 aliphatic heterocycles. The van der Waals surface area contributed by atoms with Crippen molar-refractivity contribution in [1.29, 1.82) is 0 Å². The standard InChI is InChI=1S/C21H20O12/c22-6-14-16(27)18(29)19(30)21(33-14)32-13-5-11(26)15-10(25)4-12(31-20(15)17(13)28)7-1-2-8(23)9(24)3-7/h1-5,14,16,18-19,21-24,26-30H,6H2/t14-,16-,18+,19-,21?/m1/s1. The second-order valence-electron chi connectivity index (χ2n) is 7.44. The average Bonchev–Trinajstić information content (AvgIpc) is 2.78. The summed E-state index contributed by atoms with van der Waals surface area (Å²) < 4.78 is 16.1. The smallest absolute Gasteiger partial charge is 0.229 e. The Hall–Kier alpha value is -3.55. The van der Waals surface area contributed by atoms with E-state index < -0.39 is 77.1 Å². The number of aliphatic hydroxyl groups excluding tert-OH is 4. The number of ether oxygens (including phenoxy) is 2. The Labute approximate surface area is 184 Å². The van der Waals surface area contributed by atoms with Crippen LogP contribution in [0.25, 0.3) is 22.3 Å². The van der Waals surface area contributed by atoms with Crippen molar-refractivity contribution in [2.45, 2.75) is 30.7 Å². The van der Waals surface area contributed by atoms with E-state index in [1.807, 2.05) is 0 Å². The van der Waals surface area contributed by atoms with Gasteiger partial charge in [0.25, 0.3) is 0 Å². The highest BCUT2D eigenvalue weighted by Crippen LogP contribution is 2.42. The fourth-order valence-electron chi connectivity index (χ4n) is 3.48. The topological polar surface area (TPSA) is 211 Å². The first-order valence-corrected chi connectivity index (χ1v) is 9.64. The summed E-state index contributed by atoms with van der Waals surface area (Å²) in [4.78, 5) is 12.6. The molecule has 0 aliphatic carbocycles. The Balaban J connectivity index is 1.78. The molecule has 1 unspecified atom stereocenters. The van der Waals surface area contributed by atoms with E-state index >= 15 is 0 Å². The van der Waals surface area contributed by atoms with Gasteiger partial charge in [0.15, 0.2) is 28.3 Å². The van der Waals surface area contributed by atoms with Crippen molar-refractivity contribution < 1.29 is 54.7 Å². The third kappa shape index (κ3) is 3.90. The van der Waals surface area contributed by atoms with Gasteiger partial charge in [-0.25, -0.2) is 0 Å². The molecule has 1 aliphatic rings. The molecular formula is C21H20O12. The van der Waals surface area contributed by atoms with E-state index in [2.05, 4.69) is 0 Å². The molecule has 1 saturated heterocycles. The number of hydrogen-bond donors (Lipinski definition) is 8. The number of phenols is 4. The molecule has 0 amide bonds. The van der Waals surface area contributed by atoms with Crippen LogP contribution in [-0.2, 0) is 4.74 Å². The van der Waals surface area contributed by atoms with Crippen LogP contribution in [-0.4, -0.2) is 78.2 Å². The number of hydrogen-bond acceptors (Lipinski definition) is 12. The van der Waals surface area contributed by atoms with Gasteiger partial charge in [0.2, 0.25) is 12.0 Å². The Morgan fingerprint density at radius 1 is 0.879 bits per heavy atom. The molecule has 1 fully saturated rings. The van der Waals surface area contributed by atoms with E-state index in [-0.39, 0.29) is 16.7 Å². The number of aromatic hydroxyl groups is 4. The molecule has 8 N–H and O–H groups in total. The lowest BCUT2D eigenvalue weighted by molar-refractivity contribution is -0.277. The minimum absolute atomic E-state index is 0.123. The van der Waals surface area contributed by atoms with Gasteiger partial charge >= 0.3 is 0 Å². The van der Waals surface area contributed by atoms with Gasteiger partial charge in [-0.1, -0.05) is 0 Å². The summed E-state index contributed by atoms with van der Waals surface area (Å²) in [6, 6.07) is 5.48. The van der Waals surface area contributed by atoms with Gasteiger partial charge in [-0.15, -0.1) is 0 Å². The molecule has 1 aromatic heterocycles. The van der Waals surface area contributed by atoms with Crippen molar-refractivity contribution in [3.8, 4) is 40.1 Å². The fourth-order valence-corrected chi connectivity index (χ4v) is 3.48. The van der Waals surface area contributed by atoms with Gasteiger partial charge in [0, 0.05) is 17.7 Å². The molecule has 0 spiro atoms. The third-order valence-electron chi connectivity index (χ3n) is 5.27. The lowest BCUT2D eigenvalue weighted by atomic mass is 9.99. The van der Waals surface area contributed by atoms with Crippen molar-refractivity contribution in [3.63, 3.8) is 0 Å². The van der Waals surface area contributed by atoms with Gasteiger partial charge in [-0.2, -0.15) is 0 Å². The van der Waals surface area contributed by atoms with Gasteiger partial charge in [-0.05, 0) is 18.2 Å². The van der Waals surface area contributed by atoms with E-state index in [4.69, 9.17) is 13.9 Å². The van der Waals surface area contributed by atoms with Crippen molar-refractivity contribution in [2.75, 3.05) is 6.61 Å². The van der Waals surface area contributed by atoms with Crippen molar-refractivity contribution in [3.05, 3.63) is 40.6 Å². The molecule has 5 atom stereocenters. The molecule has 33 heavy (non-hydrogen) atoms. The van der Waals surface area contributed by atoms with E-state index in [0.29, 0.717) is 0 Å². The van der Waals surface area contributed by atoms with Crippen LogP contribution in [0, 0.1) is 0 Å². The quantitative estimate of drug-likeness (QED) is 0.181. The predicted molar refractivity (Wildman–Crippen MR) is 109 cm³/mol. The summed E-state index contributed by atoms with van der Waals surface area (Å²) in [7, 11) is 0. The highest BCUT2D eigenvalue weighted by Gasteiger charge is 2.45. The Morgan fingerprint density at radius 2 is 1.61 bits per heavy atom. The minimum atomic E-state index is -1.79. The molecule has 0 bridgehead atoms. The summed E-state index contributed by atoms with van der Waals surface area (Å²) in [5.74, 6) is -2.92. The number of aliphatic hydroxyl groups is 4. The summed E-state index contributed by atoms with van der Waals surface area (Å²) in [5, 5.41) is 79.0. The molecule has 0 radical (unpaired) electrons. The van der Waals surface area contributed by atoms with E-state index in [9.17, 15) is 45.6 Å². The largest absolute Gasteiger partial charge is 0.507 e. The average molecular weight is 464 g/mol. The number of fused-ring (bicyclic) bond motifs is 1. The zero-order valence-electron chi connectivity index (χ0n) is 16.7. The van der Waals surface area contributed by atoms with Crippen molar-refractivity contribution in [2.24, 2.45) is 0 Å². The highest BCUT2D eigenvalue weighted by molar-refractivity contribution is 5.91. The number of phenolic OH excluding ortho intramolecular Hbond substituents is 4. The second-order valence-corrected chi connectivity index (χ2v) is 7.44. The van der Waals surface area contributed by atoms with Crippen LogP contribution in [0.4, 0.5) is 0 Å². The third-order valence-corrected chi connectivity index (χ3v) is 5.27. The van der Waals surface area contributed by atoms with E-state index in [1.165, 1.54) is 6.07 Å². The van der Waals surface area contributed by atoms with Crippen molar-refractivity contribution in [1.82, 2.24) is 0 Å². The molecule has 2 heterocycles. The van der Waals surface area contributed by atoms with Crippen LogP contribution >= 0.6 is 0 Å². The fraction of sp³-hybridized carbons (Fsp3) is 0.286. The molecule has 3 aromatic rings. The number of rotatable bonds is 4. The maximum atomic E-state index is 12.6. The monoisotopic (exact) mass is 464 g/mol. The van der Waals surface area contributed by atoms with E-state index in [0.717, 1.165) is 24.3 Å². The van der Waals surface area contributed by atoms with Crippen LogP contribution in [0.3, 0.4) is 0 Å². The first-order valence-electron chi connectivity index (χ1n) is 9.64. The molecular weight excluding hydrogens is 444 g/mol. The summed E-state index contributed by atoms with van der Waals surface area (Å²) in [5.41, 5.74) is -1.07. The Morgan fingerprint density at radius 3 is 2.27 bits per heavy atom. The van der Waals surface area contributed by atoms with E-state index in [1.54, 1.807) is 0 Å².